The van der Waals surface area contributed by atoms with Gasteiger partial charge in [-0.1, -0.05) is 19.0 Å². The van der Waals surface area contributed by atoms with E-state index in [1.165, 1.54) is 6.26 Å². The minimum atomic E-state index is -1.27. The summed E-state index contributed by atoms with van der Waals surface area (Å²) < 4.78 is 10.2. The Morgan fingerprint density at radius 3 is 2.85 bits per heavy atom. The van der Waals surface area contributed by atoms with Crippen LogP contribution in [-0.2, 0) is 5.60 Å². The zero-order valence-corrected chi connectivity index (χ0v) is 11.7. The van der Waals surface area contributed by atoms with E-state index in [0.717, 1.165) is 0 Å². The highest BCUT2D eigenvalue weighted by molar-refractivity contribution is 5.92. The predicted molar refractivity (Wildman–Crippen MR) is 71.2 cm³/mol. The van der Waals surface area contributed by atoms with E-state index in [1.54, 1.807) is 25.1 Å². The Morgan fingerprint density at radius 2 is 2.30 bits per heavy atom. The van der Waals surface area contributed by atoms with Gasteiger partial charge in [0, 0.05) is 12.0 Å². The summed E-state index contributed by atoms with van der Waals surface area (Å²) in [5.41, 5.74) is -1.08. The second-order valence-electron chi connectivity index (χ2n) is 5.20. The molecule has 0 aliphatic carbocycles. The van der Waals surface area contributed by atoms with Crippen LogP contribution >= 0.6 is 0 Å². The topological polar surface area (TPSA) is 88.5 Å². The van der Waals surface area contributed by atoms with E-state index in [9.17, 15) is 9.90 Å². The third-order valence-corrected chi connectivity index (χ3v) is 2.98. The number of nitrogens with zero attached hydrogens (tertiary/aromatic N) is 1. The number of nitrogens with one attached hydrogen (secondary N) is 1. The van der Waals surface area contributed by atoms with Crippen molar-refractivity contribution < 1.29 is 18.8 Å². The summed E-state index contributed by atoms with van der Waals surface area (Å²) >= 11 is 0. The maximum Gasteiger partial charge on any atom is 0.273 e. The number of aromatic nitrogens is 1. The van der Waals surface area contributed by atoms with E-state index in [0.29, 0.717) is 11.5 Å². The van der Waals surface area contributed by atoms with E-state index in [1.807, 2.05) is 13.8 Å². The van der Waals surface area contributed by atoms with E-state index in [-0.39, 0.29) is 18.2 Å². The van der Waals surface area contributed by atoms with Crippen molar-refractivity contribution in [1.29, 1.82) is 0 Å². The first-order chi connectivity index (χ1) is 9.40. The van der Waals surface area contributed by atoms with Crippen LogP contribution < -0.4 is 5.32 Å². The fourth-order valence-corrected chi connectivity index (χ4v) is 1.68. The first-order valence-corrected chi connectivity index (χ1v) is 6.41. The second kappa shape index (κ2) is 5.50. The molecule has 0 spiro atoms. The van der Waals surface area contributed by atoms with Crippen LogP contribution in [0.15, 0.2) is 33.4 Å². The van der Waals surface area contributed by atoms with Gasteiger partial charge in [0.25, 0.3) is 5.91 Å². The Morgan fingerprint density at radius 1 is 1.55 bits per heavy atom. The Labute approximate surface area is 116 Å². The van der Waals surface area contributed by atoms with Gasteiger partial charge in [-0.15, -0.1) is 0 Å². The third-order valence-electron chi connectivity index (χ3n) is 2.98. The number of rotatable bonds is 5. The Hall–Kier alpha value is -2.08. The van der Waals surface area contributed by atoms with Crippen LogP contribution in [0.1, 0.15) is 48.7 Å². The standard InChI is InChI=1S/C14H18N2O4/c1-9(2)11-7-10(16-20-11)13(17)15-8-14(3,18)12-5-4-6-19-12/h4-7,9,18H,8H2,1-3H3,(H,15,17). The largest absolute Gasteiger partial charge is 0.466 e. The number of carbonyl (C=O) groups is 1. The lowest BCUT2D eigenvalue weighted by Gasteiger charge is -2.20. The lowest BCUT2D eigenvalue weighted by molar-refractivity contribution is 0.0329. The van der Waals surface area contributed by atoms with Gasteiger partial charge in [0.1, 0.15) is 17.1 Å². The summed E-state index contributed by atoms with van der Waals surface area (Å²) in [4.78, 5) is 11.9. The SMILES string of the molecule is CC(C)c1cc(C(=O)NCC(C)(O)c2ccco2)no1. The summed E-state index contributed by atoms with van der Waals surface area (Å²) in [7, 11) is 0. The van der Waals surface area contributed by atoms with Gasteiger partial charge in [-0.05, 0) is 19.1 Å². The smallest absolute Gasteiger partial charge is 0.273 e. The van der Waals surface area contributed by atoms with Crippen LogP contribution in [-0.4, -0.2) is 22.7 Å². The summed E-state index contributed by atoms with van der Waals surface area (Å²) in [6.45, 7) is 5.48. The summed E-state index contributed by atoms with van der Waals surface area (Å²) in [6.07, 6.45) is 1.47. The molecule has 0 radical (unpaired) electrons. The molecule has 0 saturated carbocycles. The van der Waals surface area contributed by atoms with Crippen LogP contribution in [0.3, 0.4) is 0 Å². The maximum atomic E-state index is 11.9. The quantitative estimate of drug-likeness (QED) is 0.873. The minimum Gasteiger partial charge on any atom is -0.466 e. The highest BCUT2D eigenvalue weighted by Gasteiger charge is 2.27. The van der Waals surface area contributed by atoms with E-state index >= 15 is 0 Å². The minimum absolute atomic E-state index is 0.0171. The van der Waals surface area contributed by atoms with Crippen molar-refractivity contribution in [3.05, 3.63) is 41.7 Å². The van der Waals surface area contributed by atoms with Gasteiger partial charge in [0.2, 0.25) is 0 Å². The molecule has 6 nitrogen and oxygen atoms in total. The van der Waals surface area contributed by atoms with Crippen LogP contribution in [0, 0.1) is 0 Å². The Balaban J connectivity index is 1.98. The number of hydrogen-bond donors (Lipinski definition) is 2. The van der Waals surface area contributed by atoms with Crippen molar-refractivity contribution in [2.24, 2.45) is 0 Å². The number of carbonyl (C=O) groups excluding carboxylic acids is 1. The summed E-state index contributed by atoms with van der Waals surface area (Å²) in [5.74, 6) is 0.802. The summed E-state index contributed by atoms with van der Waals surface area (Å²) in [6, 6.07) is 4.93. The second-order valence-corrected chi connectivity index (χ2v) is 5.20. The highest BCUT2D eigenvalue weighted by atomic mass is 16.5. The van der Waals surface area contributed by atoms with Crippen LogP contribution in [0.2, 0.25) is 0 Å². The molecule has 6 heteroatoms. The molecule has 108 valence electrons. The molecule has 0 aliphatic rings. The molecule has 1 amide bonds. The van der Waals surface area contributed by atoms with E-state index in [4.69, 9.17) is 8.94 Å². The number of aliphatic hydroxyl groups is 1. The Bertz CT molecular complexity index is 570. The van der Waals surface area contributed by atoms with Gasteiger partial charge in [-0.25, -0.2) is 0 Å². The number of hydrogen-bond acceptors (Lipinski definition) is 5. The van der Waals surface area contributed by atoms with Gasteiger partial charge >= 0.3 is 0 Å². The molecular formula is C14H18N2O4. The lowest BCUT2D eigenvalue weighted by atomic mass is 10.0. The first kappa shape index (κ1) is 14.3. The normalized spacial score (nSPS) is 14.2. The first-order valence-electron chi connectivity index (χ1n) is 6.41. The molecule has 2 aromatic rings. The number of furan rings is 1. The van der Waals surface area contributed by atoms with Crippen LogP contribution in [0.4, 0.5) is 0 Å². The molecule has 0 aliphatic heterocycles. The molecule has 0 fully saturated rings. The zero-order chi connectivity index (χ0) is 14.8. The maximum absolute atomic E-state index is 11.9. The highest BCUT2D eigenvalue weighted by Crippen LogP contribution is 2.20. The average Bonchev–Trinajstić information content (AvgIpc) is 3.06. The summed E-state index contributed by atoms with van der Waals surface area (Å²) in [5, 5.41) is 16.5. The monoisotopic (exact) mass is 278 g/mol. The van der Waals surface area contributed by atoms with Crippen molar-refractivity contribution >= 4 is 5.91 Å². The van der Waals surface area contributed by atoms with Crippen LogP contribution in [0.5, 0.6) is 0 Å². The Kier molecular flexibility index (Phi) is 3.94. The van der Waals surface area contributed by atoms with Gasteiger partial charge in [0.05, 0.1) is 12.8 Å². The molecule has 0 aromatic carbocycles. The lowest BCUT2D eigenvalue weighted by Crippen LogP contribution is -2.38. The molecule has 2 aromatic heterocycles. The van der Waals surface area contributed by atoms with Gasteiger partial charge in [-0.2, -0.15) is 0 Å². The van der Waals surface area contributed by atoms with Crippen molar-refractivity contribution in [3.8, 4) is 0 Å². The van der Waals surface area contributed by atoms with Crippen LogP contribution in [0.25, 0.3) is 0 Å². The average molecular weight is 278 g/mol. The molecule has 2 rings (SSSR count). The van der Waals surface area contributed by atoms with Crippen molar-refractivity contribution in [2.45, 2.75) is 32.3 Å². The van der Waals surface area contributed by atoms with Gasteiger partial charge in [0.15, 0.2) is 5.69 Å². The molecule has 2 N–H and O–H groups in total. The van der Waals surface area contributed by atoms with E-state index in [2.05, 4.69) is 10.5 Å². The van der Waals surface area contributed by atoms with Crippen molar-refractivity contribution in [1.82, 2.24) is 10.5 Å². The third kappa shape index (κ3) is 3.08. The fraction of sp³-hybridized carbons (Fsp3) is 0.429. The van der Waals surface area contributed by atoms with Gasteiger partial charge in [-0.3, -0.25) is 4.79 Å². The molecule has 0 bridgehead atoms. The van der Waals surface area contributed by atoms with Gasteiger partial charge < -0.3 is 19.4 Å². The number of amides is 1. The molecule has 2 heterocycles. The molecule has 1 unspecified atom stereocenters. The van der Waals surface area contributed by atoms with Crippen molar-refractivity contribution in [2.75, 3.05) is 6.54 Å². The predicted octanol–water partition coefficient (Wildman–Crippen LogP) is 2.03. The molecule has 1 atom stereocenters. The fourth-order valence-electron chi connectivity index (χ4n) is 1.68. The zero-order valence-electron chi connectivity index (χ0n) is 11.7. The van der Waals surface area contributed by atoms with E-state index < -0.39 is 11.5 Å². The molecule has 20 heavy (non-hydrogen) atoms. The molecular weight excluding hydrogens is 260 g/mol. The molecule has 0 saturated heterocycles. The van der Waals surface area contributed by atoms with Crippen molar-refractivity contribution in [3.63, 3.8) is 0 Å².